The molecule has 0 rings (SSSR count). The van der Waals surface area contributed by atoms with Crippen molar-refractivity contribution in [2.75, 3.05) is 19.6 Å². The van der Waals surface area contributed by atoms with Crippen LogP contribution in [0, 0.1) is 0 Å². The van der Waals surface area contributed by atoms with Gasteiger partial charge in [-0.25, -0.2) is 0 Å². The van der Waals surface area contributed by atoms with Gasteiger partial charge in [-0.2, -0.15) is 0 Å². The number of nitrogens with zero attached hydrogens (tertiary/aromatic N) is 1. The van der Waals surface area contributed by atoms with E-state index >= 15 is 0 Å². The van der Waals surface area contributed by atoms with Gasteiger partial charge in [0, 0.05) is 12.5 Å². The Balaban J connectivity index is 0. The fourth-order valence-corrected chi connectivity index (χ4v) is 2.47. The molecule has 0 aromatic heterocycles. The fraction of sp³-hybridized carbons (Fsp3) is 0.737. The van der Waals surface area contributed by atoms with Gasteiger partial charge in [0.25, 0.3) is 0 Å². The first-order valence-corrected chi connectivity index (χ1v) is 8.85. The Labute approximate surface area is 155 Å². The van der Waals surface area contributed by atoms with Crippen molar-refractivity contribution in [3.8, 4) is 0 Å². The average Bonchev–Trinajstić information content (AvgIpc) is 2.50. The summed E-state index contributed by atoms with van der Waals surface area (Å²) in [5.74, 6) is -0.939. The zero-order chi connectivity index (χ0) is 16.5. The maximum atomic E-state index is 10.6. The van der Waals surface area contributed by atoms with Crippen LogP contribution in [0.3, 0.4) is 0 Å². The van der Waals surface area contributed by atoms with Crippen LogP contribution < -0.4 is 24.0 Å². The Morgan fingerprint density at radius 2 is 1.30 bits per heavy atom. The molecule has 128 valence electrons. The minimum atomic E-state index is -0.939. The average molecular weight is 315 g/mol. The zero-order valence-electron chi connectivity index (χ0n) is 15.6. The summed E-state index contributed by atoms with van der Waals surface area (Å²) in [6.45, 7) is 6.76. The molecule has 3 nitrogen and oxygen atoms in total. The topological polar surface area (TPSA) is 43.4 Å². The molecule has 0 amide bonds. The van der Waals surface area contributed by atoms with Gasteiger partial charge in [-0.15, -0.1) is 0 Å². The van der Waals surface area contributed by atoms with Crippen molar-refractivity contribution in [1.82, 2.24) is 4.90 Å². The molecule has 0 aliphatic carbocycles. The molecule has 0 aromatic rings. The standard InChI is InChI=1S/C19H35NO2.Li/c1-3-5-7-9-11-13-16-20(18-15-19(21)22)17-14-12-10-8-6-4-2;/h3-6H,7-18H2,1-2H3,(H,21,22);/q;+1/p-1/b5-3+,6-4+;. The molecule has 4 heteroatoms. The first-order chi connectivity index (χ1) is 10.7. The van der Waals surface area contributed by atoms with Crippen molar-refractivity contribution in [3.63, 3.8) is 0 Å². The van der Waals surface area contributed by atoms with Crippen LogP contribution >= 0.6 is 0 Å². The monoisotopic (exact) mass is 315 g/mol. The molecule has 0 heterocycles. The molecule has 0 aromatic carbocycles. The third kappa shape index (κ3) is 19.5. The van der Waals surface area contributed by atoms with Gasteiger partial charge in [-0.1, -0.05) is 37.1 Å². The Morgan fingerprint density at radius 1 is 0.826 bits per heavy atom. The van der Waals surface area contributed by atoms with Gasteiger partial charge >= 0.3 is 18.9 Å². The van der Waals surface area contributed by atoms with E-state index in [0.29, 0.717) is 6.54 Å². The summed E-state index contributed by atoms with van der Waals surface area (Å²) in [4.78, 5) is 12.9. The van der Waals surface area contributed by atoms with Gasteiger partial charge in [-0.3, -0.25) is 0 Å². The second-order valence-corrected chi connectivity index (χ2v) is 5.80. The minimum absolute atomic E-state index is 0. The molecular formula is C19H34LiNO2. The van der Waals surface area contributed by atoms with Gasteiger partial charge in [0.1, 0.15) is 0 Å². The molecule has 0 atom stereocenters. The Bertz CT molecular complexity index is 294. The largest absolute Gasteiger partial charge is 1.00 e. The smallest absolute Gasteiger partial charge is 0.550 e. The second-order valence-electron chi connectivity index (χ2n) is 5.80. The van der Waals surface area contributed by atoms with Crippen LogP contribution in [0.1, 0.15) is 71.6 Å². The summed E-state index contributed by atoms with van der Waals surface area (Å²) < 4.78 is 0. The van der Waals surface area contributed by atoms with Crippen molar-refractivity contribution in [3.05, 3.63) is 24.3 Å². The molecule has 0 aliphatic rings. The van der Waals surface area contributed by atoms with Gasteiger partial charge in [0.15, 0.2) is 0 Å². The van der Waals surface area contributed by atoms with Gasteiger partial charge < -0.3 is 14.8 Å². The van der Waals surface area contributed by atoms with E-state index in [4.69, 9.17) is 0 Å². The molecule has 0 radical (unpaired) electrons. The van der Waals surface area contributed by atoms with E-state index in [9.17, 15) is 9.90 Å². The first kappa shape index (κ1) is 24.8. The van der Waals surface area contributed by atoms with E-state index in [1.54, 1.807) is 0 Å². The third-order valence-corrected chi connectivity index (χ3v) is 3.79. The number of allylic oxidation sites excluding steroid dienone is 4. The summed E-state index contributed by atoms with van der Waals surface area (Å²) in [6.07, 6.45) is 18.3. The number of hydrogen-bond donors (Lipinski definition) is 0. The first-order valence-electron chi connectivity index (χ1n) is 8.85. The number of carbonyl (C=O) groups excluding carboxylic acids is 1. The van der Waals surface area contributed by atoms with Crippen molar-refractivity contribution >= 4 is 5.97 Å². The molecule has 0 aliphatic heterocycles. The number of carboxylic acids is 1. The number of aliphatic carboxylic acids is 1. The normalized spacial score (nSPS) is 11.4. The molecule has 0 saturated carbocycles. The fourth-order valence-electron chi connectivity index (χ4n) is 2.47. The number of unbranched alkanes of at least 4 members (excludes halogenated alkanes) is 6. The van der Waals surface area contributed by atoms with Gasteiger partial charge in [0.2, 0.25) is 0 Å². The van der Waals surface area contributed by atoms with E-state index in [0.717, 1.165) is 38.8 Å². The number of hydrogen-bond acceptors (Lipinski definition) is 3. The van der Waals surface area contributed by atoms with E-state index < -0.39 is 5.97 Å². The van der Waals surface area contributed by atoms with Crippen LogP contribution in [0.4, 0.5) is 0 Å². The van der Waals surface area contributed by atoms with Crippen molar-refractivity contribution in [2.24, 2.45) is 0 Å². The van der Waals surface area contributed by atoms with E-state index in [1.165, 1.54) is 25.7 Å². The number of rotatable bonds is 15. The predicted octanol–water partition coefficient (Wildman–Crippen LogP) is 0.705. The molecule has 0 unspecified atom stereocenters. The van der Waals surface area contributed by atoms with Crippen LogP contribution in [-0.2, 0) is 4.79 Å². The Morgan fingerprint density at radius 3 is 1.70 bits per heavy atom. The molecule has 0 bridgehead atoms. The van der Waals surface area contributed by atoms with Crippen LogP contribution in [-0.4, -0.2) is 30.5 Å². The van der Waals surface area contributed by atoms with Crippen LogP contribution in [0.5, 0.6) is 0 Å². The van der Waals surface area contributed by atoms with Gasteiger partial charge in [0.05, 0.1) is 0 Å². The quantitative estimate of drug-likeness (QED) is 0.254. The van der Waals surface area contributed by atoms with Gasteiger partial charge in [-0.05, 0) is 71.9 Å². The maximum absolute atomic E-state index is 10.6. The maximum Gasteiger partial charge on any atom is 1.00 e. The van der Waals surface area contributed by atoms with Crippen LogP contribution in [0.25, 0.3) is 0 Å². The molecule has 0 spiro atoms. The summed E-state index contributed by atoms with van der Waals surface area (Å²) in [5.41, 5.74) is 0. The molecule has 0 saturated heterocycles. The molecule has 0 fully saturated rings. The zero-order valence-corrected chi connectivity index (χ0v) is 15.6. The second kappa shape index (κ2) is 19.6. The van der Waals surface area contributed by atoms with Crippen molar-refractivity contribution in [1.29, 1.82) is 0 Å². The van der Waals surface area contributed by atoms with E-state index in [1.807, 2.05) is 0 Å². The molecular weight excluding hydrogens is 281 g/mol. The summed E-state index contributed by atoms with van der Waals surface area (Å²) >= 11 is 0. The predicted molar refractivity (Wildman–Crippen MR) is 92.6 cm³/mol. The van der Waals surface area contributed by atoms with Crippen molar-refractivity contribution < 1.29 is 28.8 Å². The minimum Gasteiger partial charge on any atom is -0.550 e. The number of carboxylic acid groups (broad SMARTS) is 1. The Hall–Kier alpha value is -0.493. The summed E-state index contributed by atoms with van der Waals surface area (Å²) in [7, 11) is 0. The Kier molecular flexibility index (Phi) is 21.0. The molecule has 23 heavy (non-hydrogen) atoms. The van der Waals surface area contributed by atoms with Crippen LogP contribution in [0.2, 0.25) is 0 Å². The SMILES string of the molecule is C/C=C/CCCCCN(CCCCC/C=C/C)CCC(=O)[O-].[Li+]. The number of carbonyl (C=O) groups is 1. The van der Waals surface area contributed by atoms with Crippen molar-refractivity contribution in [2.45, 2.75) is 71.6 Å². The molecule has 0 N–H and O–H groups in total. The van der Waals surface area contributed by atoms with E-state index in [-0.39, 0.29) is 25.3 Å². The third-order valence-electron chi connectivity index (χ3n) is 3.79. The van der Waals surface area contributed by atoms with E-state index in [2.05, 4.69) is 43.1 Å². The van der Waals surface area contributed by atoms with Crippen LogP contribution in [0.15, 0.2) is 24.3 Å². The summed E-state index contributed by atoms with van der Waals surface area (Å²) in [6, 6.07) is 0. The summed E-state index contributed by atoms with van der Waals surface area (Å²) in [5, 5.41) is 10.6.